The summed E-state index contributed by atoms with van der Waals surface area (Å²) in [5.41, 5.74) is 0. The third-order valence-electron chi connectivity index (χ3n) is 19.1. The first kappa shape index (κ1) is 80.3. The van der Waals surface area contributed by atoms with Gasteiger partial charge in [-0.25, -0.2) is 4.79 Å². The molecule has 0 bridgehead atoms. The largest absolute Gasteiger partial charge is 0.465 e. The number of carboxylic acid groups (broad SMARTS) is 1. The number of unbranched alkanes of at least 4 members (excludes halogenated alkanes) is 74. The molecule has 0 aromatic rings. The minimum Gasteiger partial charge on any atom is -0.465 e. The zero-order valence-corrected chi connectivity index (χ0v) is 56.6. The van der Waals surface area contributed by atoms with Crippen LogP contribution in [0.2, 0.25) is 0 Å². The van der Waals surface area contributed by atoms with Crippen molar-refractivity contribution in [2.75, 3.05) is 6.54 Å². The van der Waals surface area contributed by atoms with Gasteiger partial charge >= 0.3 is 6.09 Å². The summed E-state index contributed by atoms with van der Waals surface area (Å²) in [4.78, 5) is 10.4. The van der Waals surface area contributed by atoms with Gasteiger partial charge < -0.3 is 10.4 Å². The Morgan fingerprint density at radius 1 is 0.173 bits per heavy atom. The standard InChI is InChI=1S/C78H157NO2/c1-2-3-4-5-6-7-8-9-10-11-12-13-14-15-16-17-18-19-20-21-22-23-24-25-26-27-28-29-30-31-32-33-34-35-36-37-38-39-40-41-42-43-44-45-46-47-48-49-50-51-52-53-54-55-56-57-58-59-60-61-62-63-64-65-66-67-68-69-70-71-72-73-74-75-76-77-79-78(80)81/h79H,2-77H2,1H3,(H,80,81). The molecule has 0 fully saturated rings. The van der Waals surface area contributed by atoms with Crippen molar-refractivity contribution in [1.29, 1.82) is 0 Å². The molecule has 0 saturated carbocycles. The topological polar surface area (TPSA) is 49.3 Å². The Kier molecular flexibility index (Phi) is 76.6. The fourth-order valence-electron chi connectivity index (χ4n) is 13.3. The van der Waals surface area contributed by atoms with Crippen molar-refractivity contribution >= 4 is 6.09 Å². The first-order valence-electron chi connectivity index (χ1n) is 39.2. The number of nitrogens with one attached hydrogen (secondary N) is 1. The number of amides is 1. The summed E-state index contributed by atoms with van der Waals surface area (Å²) in [6, 6.07) is 0. The highest BCUT2D eigenvalue weighted by Gasteiger charge is 2.02. The molecule has 0 spiro atoms. The van der Waals surface area contributed by atoms with E-state index in [0.29, 0.717) is 6.54 Å². The predicted molar refractivity (Wildman–Crippen MR) is 368 cm³/mol. The average Bonchev–Trinajstić information content (AvgIpc) is 3.47. The summed E-state index contributed by atoms with van der Waals surface area (Å²) in [7, 11) is 0. The van der Waals surface area contributed by atoms with Crippen LogP contribution in [0.25, 0.3) is 0 Å². The van der Waals surface area contributed by atoms with E-state index in [4.69, 9.17) is 5.11 Å². The summed E-state index contributed by atoms with van der Waals surface area (Å²) in [6.45, 7) is 2.92. The summed E-state index contributed by atoms with van der Waals surface area (Å²) >= 11 is 0. The third-order valence-corrected chi connectivity index (χ3v) is 19.1. The molecule has 0 saturated heterocycles. The maximum Gasteiger partial charge on any atom is 0.404 e. The number of carbonyl (C=O) groups is 1. The van der Waals surface area contributed by atoms with Gasteiger partial charge in [0.15, 0.2) is 0 Å². The quantitative estimate of drug-likeness (QED) is 0.0596. The van der Waals surface area contributed by atoms with Crippen LogP contribution in [0.15, 0.2) is 0 Å². The number of hydrogen-bond donors (Lipinski definition) is 2. The molecule has 3 heteroatoms. The fraction of sp³-hybridized carbons (Fsp3) is 0.987. The SMILES string of the molecule is CCCCCCCCCCCCCCCCCCCCCCCCCCCCCCCCCCCCCCCCCCCCCCCCCCCCCCCCCCCCCCCCCCCCCCCCCCCCCNC(=O)O. The van der Waals surface area contributed by atoms with Gasteiger partial charge in [-0.2, -0.15) is 0 Å². The van der Waals surface area contributed by atoms with Gasteiger partial charge in [0.25, 0.3) is 0 Å². The third kappa shape index (κ3) is 79.3. The second-order valence-electron chi connectivity index (χ2n) is 27.4. The van der Waals surface area contributed by atoms with E-state index in [9.17, 15) is 4.79 Å². The van der Waals surface area contributed by atoms with Crippen molar-refractivity contribution in [3.63, 3.8) is 0 Å². The molecule has 1 amide bonds. The lowest BCUT2D eigenvalue weighted by atomic mass is 10.0. The fourth-order valence-corrected chi connectivity index (χ4v) is 13.3. The van der Waals surface area contributed by atoms with E-state index in [1.165, 1.54) is 469 Å². The summed E-state index contributed by atoms with van der Waals surface area (Å²) in [5.74, 6) is 0. The highest BCUT2D eigenvalue weighted by Crippen LogP contribution is 2.21. The molecule has 0 aromatic carbocycles. The predicted octanol–water partition coefficient (Wildman–Crippen LogP) is 29.5. The van der Waals surface area contributed by atoms with Crippen LogP contribution in [0.1, 0.15) is 488 Å². The second-order valence-corrected chi connectivity index (χ2v) is 27.4. The molecule has 486 valence electrons. The van der Waals surface area contributed by atoms with Crippen LogP contribution >= 0.6 is 0 Å². The molecule has 0 aliphatic heterocycles. The number of hydrogen-bond acceptors (Lipinski definition) is 1. The number of rotatable bonds is 76. The zero-order valence-electron chi connectivity index (χ0n) is 56.6. The molecule has 0 unspecified atom stereocenters. The van der Waals surface area contributed by atoms with E-state index in [2.05, 4.69) is 12.2 Å². The minimum absolute atomic E-state index is 0.606. The molecule has 0 aliphatic rings. The van der Waals surface area contributed by atoms with Crippen LogP contribution in [0, 0.1) is 0 Å². The van der Waals surface area contributed by atoms with Crippen LogP contribution in [0.3, 0.4) is 0 Å². The monoisotopic (exact) mass is 1140 g/mol. The molecule has 81 heavy (non-hydrogen) atoms. The summed E-state index contributed by atoms with van der Waals surface area (Å²) < 4.78 is 0. The zero-order chi connectivity index (χ0) is 58.0. The van der Waals surface area contributed by atoms with Crippen LogP contribution in [0.4, 0.5) is 4.79 Å². The first-order valence-corrected chi connectivity index (χ1v) is 39.2. The van der Waals surface area contributed by atoms with Crippen molar-refractivity contribution in [2.24, 2.45) is 0 Å². The maximum absolute atomic E-state index is 10.4. The van der Waals surface area contributed by atoms with Gasteiger partial charge in [-0.3, -0.25) is 0 Å². The molecule has 0 heterocycles. The highest BCUT2D eigenvalue weighted by molar-refractivity contribution is 5.64. The molecule has 0 radical (unpaired) electrons. The van der Waals surface area contributed by atoms with Crippen molar-refractivity contribution in [3.05, 3.63) is 0 Å². The van der Waals surface area contributed by atoms with Gasteiger partial charge in [-0.1, -0.05) is 482 Å². The Morgan fingerprint density at radius 2 is 0.259 bits per heavy atom. The smallest absolute Gasteiger partial charge is 0.404 e. The minimum atomic E-state index is -0.895. The Balaban J connectivity index is 3.08. The van der Waals surface area contributed by atoms with Crippen LogP contribution in [-0.2, 0) is 0 Å². The van der Waals surface area contributed by atoms with Crippen LogP contribution in [0.5, 0.6) is 0 Å². The Labute approximate surface area is 513 Å². The lowest BCUT2D eigenvalue weighted by Crippen LogP contribution is -2.21. The van der Waals surface area contributed by atoms with Gasteiger partial charge in [0.05, 0.1) is 0 Å². The van der Waals surface area contributed by atoms with Gasteiger partial charge in [0, 0.05) is 6.54 Å². The maximum atomic E-state index is 10.4. The van der Waals surface area contributed by atoms with E-state index >= 15 is 0 Å². The van der Waals surface area contributed by atoms with Crippen molar-refractivity contribution in [1.82, 2.24) is 5.32 Å². The summed E-state index contributed by atoms with van der Waals surface area (Å²) in [6.07, 6.45) is 109. The molecular weight excluding hydrogens is 983 g/mol. The van der Waals surface area contributed by atoms with Gasteiger partial charge in [0.1, 0.15) is 0 Å². The van der Waals surface area contributed by atoms with Crippen LogP contribution < -0.4 is 5.32 Å². The van der Waals surface area contributed by atoms with E-state index in [1.807, 2.05) is 0 Å². The molecule has 3 nitrogen and oxygen atoms in total. The Hall–Kier alpha value is -0.730. The normalized spacial score (nSPS) is 11.7. The molecular formula is C78H157NO2. The van der Waals surface area contributed by atoms with Crippen molar-refractivity contribution < 1.29 is 9.90 Å². The summed E-state index contributed by atoms with van der Waals surface area (Å²) in [5, 5.41) is 11.0. The molecule has 0 rings (SSSR count). The average molecular weight is 1140 g/mol. The Morgan fingerprint density at radius 3 is 0.346 bits per heavy atom. The van der Waals surface area contributed by atoms with Gasteiger partial charge in [-0.15, -0.1) is 0 Å². The van der Waals surface area contributed by atoms with Crippen LogP contribution in [-0.4, -0.2) is 17.7 Å². The van der Waals surface area contributed by atoms with E-state index in [-0.39, 0.29) is 0 Å². The molecule has 0 aromatic heterocycles. The second kappa shape index (κ2) is 77.3. The molecule has 0 aliphatic carbocycles. The van der Waals surface area contributed by atoms with E-state index < -0.39 is 6.09 Å². The van der Waals surface area contributed by atoms with Crippen molar-refractivity contribution in [2.45, 2.75) is 488 Å². The van der Waals surface area contributed by atoms with Crippen molar-refractivity contribution in [3.8, 4) is 0 Å². The molecule has 0 atom stereocenters. The lowest BCUT2D eigenvalue weighted by Gasteiger charge is -2.05. The van der Waals surface area contributed by atoms with E-state index in [1.54, 1.807) is 0 Å². The lowest BCUT2D eigenvalue weighted by molar-refractivity contribution is 0.194. The Bertz CT molecular complexity index is 1080. The van der Waals surface area contributed by atoms with Gasteiger partial charge in [0.2, 0.25) is 0 Å². The first-order chi connectivity index (χ1) is 40.3. The highest BCUT2D eigenvalue weighted by atomic mass is 16.4. The molecule has 2 N–H and O–H groups in total. The van der Waals surface area contributed by atoms with Gasteiger partial charge in [-0.05, 0) is 6.42 Å². The van der Waals surface area contributed by atoms with E-state index in [0.717, 1.165) is 12.8 Å².